The molecule has 19 heavy (non-hydrogen) atoms. The van der Waals surface area contributed by atoms with Gasteiger partial charge in [-0.2, -0.15) is 0 Å². The summed E-state index contributed by atoms with van der Waals surface area (Å²) in [4.78, 5) is 14.2. The van der Waals surface area contributed by atoms with Crippen LogP contribution in [0.2, 0.25) is 0 Å². The minimum absolute atomic E-state index is 0.0162. The molecule has 4 heteroatoms. The Hall–Kier alpha value is -1.55. The second-order valence-corrected chi connectivity index (χ2v) is 5.32. The van der Waals surface area contributed by atoms with Gasteiger partial charge in [-0.1, -0.05) is 18.2 Å². The summed E-state index contributed by atoms with van der Waals surface area (Å²) in [5.41, 5.74) is 1.25. The topological polar surface area (TPSA) is 41.6 Å². The maximum absolute atomic E-state index is 12.2. The number of carbonyl (C=O) groups excluding carboxylic acids is 1. The Morgan fingerprint density at radius 3 is 3.05 bits per heavy atom. The fourth-order valence-corrected chi connectivity index (χ4v) is 2.99. The fourth-order valence-electron chi connectivity index (χ4n) is 2.99. The number of likely N-dealkylation sites (tertiary alicyclic amines) is 1. The van der Waals surface area contributed by atoms with Crippen molar-refractivity contribution in [1.29, 1.82) is 0 Å². The van der Waals surface area contributed by atoms with E-state index >= 15 is 0 Å². The van der Waals surface area contributed by atoms with Crippen molar-refractivity contribution in [3.63, 3.8) is 0 Å². The van der Waals surface area contributed by atoms with Crippen LogP contribution in [0.3, 0.4) is 0 Å². The average Bonchev–Trinajstić information content (AvgIpc) is 2.83. The number of benzene rings is 1. The van der Waals surface area contributed by atoms with E-state index in [1.165, 1.54) is 5.56 Å². The van der Waals surface area contributed by atoms with Gasteiger partial charge in [-0.25, -0.2) is 0 Å². The normalized spacial score (nSPS) is 26.2. The van der Waals surface area contributed by atoms with Gasteiger partial charge in [0.25, 0.3) is 0 Å². The third-order valence-corrected chi connectivity index (χ3v) is 4.02. The van der Waals surface area contributed by atoms with Crippen LogP contribution >= 0.6 is 0 Å². The zero-order valence-electron chi connectivity index (χ0n) is 11.3. The van der Waals surface area contributed by atoms with Gasteiger partial charge in [-0.3, -0.25) is 4.79 Å². The second kappa shape index (κ2) is 5.21. The molecule has 3 rings (SSSR count). The van der Waals surface area contributed by atoms with Crippen molar-refractivity contribution in [3.8, 4) is 5.75 Å². The summed E-state index contributed by atoms with van der Waals surface area (Å²) >= 11 is 0. The lowest BCUT2D eigenvalue weighted by Gasteiger charge is -2.33. The molecule has 0 saturated carbocycles. The average molecular weight is 260 g/mol. The van der Waals surface area contributed by atoms with Gasteiger partial charge in [-0.05, 0) is 31.5 Å². The molecule has 1 aromatic carbocycles. The standard InChI is InChI=1S/C15H20N2O2/c1-16-13-6-4-8-17(15(13)18)10-12-9-11-5-2-3-7-14(11)19-12/h2-3,5,7,12-13,16H,4,6,8-10H2,1H3. The number of carbonyl (C=O) groups is 1. The molecule has 1 aromatic rings. The van der Waals surface area contributed by atoms with E-state index in [2.05, 4.69) is 11.4 Å². The van der Waals surface area contributed by atoms with Crippen LogP contribution in [0, 0.1) is 0 Å². The van der Waals surface area contributed by atoms with E-state index < -0.39 is 0 Å². The van der Waals surface area contributed by atoms with E-state index in [0.29, 0.717) is 6.54 Å². The van der Waals surface area contributed by atoms with E-state index in [9.17, 15) is 4.79 Å². The number of nitrogens with zero attached hydrogens (tertiary/aromatic N) is 1. The number of ether oxygens (including phenoxy) is 1. The van der Waals surface area contributed by atoms with Crippen molar-refractivity contribution in [1.82, 2.24) is 10.2 Å². The molecule has 2 atom stereocenters. The molecule has 2 unspecified atom stereocenters. The van der Waals surface area contributed by atoms with E-state index in [0.717, 1.165) is 31.6 Å². The number of amides is 1. The number of para-hydroxylation sites is 1. The third kappa shape index (κ3) is 2.45. The van der Waals surface area contributed by atoms with Crippen LogP contribution < -0.4 is 10.1 Å². The molecule has 1 amide bonds. The molecule has 0 radical (unpaired) electrons. The summed E-state index contributed by atoms with van der Waals surface area (Å²) in [7, 11) is 1.86. The molecular weight excluding hydrogens is 240 g/mol. The Kier molecular flexibility index (Phi) is 3.42. The number of piperidine rings is 1. The maximum atomic E-state index is 12.2. The van der Waals surface area contributed by atoms with Crippen molar-refractivity contribution in [3.05, 3.63) is 29.8 Å². The minimum Gasteiger partial charge on any atom is -0.488 e. The molecule has 102 valence electrons. The molecule has 2 aliphatic heterocycles. The largest absolute Gasteiger partial charge is 0.488 e. The predicted octanol–water partition coefficient (Wildman–Crippen LogP) is 1.20. The molecule has 1 saturated heterocycles. The summed E-state index contributed by atoms with van der Waals surface area (Å²) in [6.07, 6.45) is 3.02. The van der Waals surface area contributed by atoms with Crippen LogP contribution in [0.1, 0.15) is 18.4 Å². The fraction of sp³-hybridized carbons (Fsp3) is 0.533. The van der Waals surface area contributed by atoms with Crippen molar-refractivity contribution in [2.75, 3.05) is 20.1 Å². The van der Waals surface area contributed by atoms with Crippen LogP contribution in [-0.4, -0.2) is 43.1 Å². The summed E-state index contributed by atoms with van der Waals surface area (Å²) in [5.74, 6) is 1.19. The van der Waals surface area contributed by atoms with Crippen LogP contribution in [0.4, 0.5) is 0 Å². The number of hydrogen-bond acceptors (Lipinski definition) is 3. The summed E-state index contributed by atoms with van der Waals surface area (Å²) in [6, 6.07) is 8.11. The van der Waals surface area contributed by atoms with Crippen LogP contribution in [-0.2, 0) is 11.2 Å². The first-order valence-corrected chi connectivity index (χ1v) is 6.98. The molecule has 0 aromatic heterocycles. The lowest BCUT2D eigenvalue weighted by molar-refractivity contribution is -0.136. The van der Waals surface area contributed by atoms with Crippen molar-refractivity contribution >= 4 is 5.91 Å². The lowest BCUT2D eigenvalue weighted by Crippen LogP contribution is -2.52. The van der Waals surface area contributed by atoms with E-state index in [4.69, 9.17) is 4.74 Å². The van der Waals surface area contributed by atoms with Gasteiger partial charge < -0.3 is 15.0 Å². The van der Waals surface area contributed by atoms with E-state index in [1.807, 2.05) is 30.1 Å². The number of nitrogens with one attached hydrogen (secondary N) is 1. The van der Waals surface area contributed by atoms with Crippen LogP contribution in [0.15, 0.2) is 24.3 Å². The monoisotopic (exact) mass is 260 g/mol. The van der Waals surface area contributed by atoms with Crippen LogP contribution in [0.5, 0.6) is 5.75 Å². The zero-order valence-corrected chi connectivity index (χ0v) is 11.3. The maximum Gasteiger partial charge on any atom is 0.239 e. The van der Waals surface area contributed by atoms with Gasteiger partial charge in [0.1, 0.15) is 11.9 Å². The molecule has 0 bridgehead atoms. The number of likely N-dealkylation sites (N-methyl/N-ethyl adjacent to an activating group) is 1. The van der Waals surface area contributed by atoms with Crippen LogP contribution in [0.25, 0.3) is 0 Å². The van der Waals surface area contributed by atoms with E-state index in [-0.39, 0.29) is 18.1 Å². The zero-order chi connectivity index (χ0) is 13.2. The Morgan fingerprint density at radius 1 is 1.42 bits per heavy atom. The van der Waals surface area contributed by atoms with Gasteiger partial charge >= 0.3 is 0 Å². The van der Waals surface area contributed by atoms with Crippen molar-refractivity contribution in [2.45, 2.75) is 31.4 Å². The lowest BCUT2D eigenvalue weighted by atomic mass is 10.0. The summed E-state index contributed by atoms with van der Waals surface area (Å²) in [5, 5.41) is 3.09. The first-order valence-electron chi connectivity index (χ1n) is 6.98. The minimum atomic E-state index is -0.0162. The molecular formula is C15H20N2O2. The summed E-state index contributed by atoms with van der Waals surface area (Å²) < 4.78 is 5.91. The molecule has 0 aliphatic carbocycles. The molecule has 2 aliphatic rings. The Morgan fingerprint density at radius 2 is 2.26 bits per heavy atom. The Bertz CT molecular complexity index is 450. The Labute approximate surface area is 113 Å². The molecule has 1 fully saturated rings. The predicted molar refractivity (Wildman–Crippen MR) is 73.2 cm³/mol. The summed E-state index contributed by atoms with van der Waals surface area (Å²) in [6.45, 7) is 1.55. The van der Waals surface area contributed by atoms with Gasteiger partial charge in [0, 0.05) is 13.0 Å². The highest BCUT2D eigenvalue weighted by Gasteiger charge is 2.31. The number of rotatable bonds is 3. The molecule has 2 heterocycles. The van der Waals surface area contributed by atoms with Gasteiger partial charge in [0.15, 0.2) is 0 Å². The quantitative estimate of drug-likeness (QED) is 0.888. The van der Waals surface area contributed by atoms with Gasteiger partial charge in [0.2, 0.25) is 5.91 Å². The molecule has 1 N–H and O–H groups in total. The highest BCUT2D eigenvalue weighted by molar-refractivity contribution is 5.82. The third-order valence-electron chi connectivity index (χ3n) is 4.02. The first kappa shape index (κ1) is 12.5. The highest BCUT2D eigenvalue weighted by Crippen LogP contribution is 2.28. The first-order chi connectivity index (χ1) is 9.28. The van der Waals surface area contributed by atoms with Crippen molar-refractivity contribution < 1.29 is 9.53 Å². The Balaban J connectivity index is 1.63. The number of fused-ring (bicyclic) bond motifs is 1. The highest BCUT2D eigenvalue weighted by atomic mass is 16.5. The van der Waals surface area contributed by atoms with Gasteiger partial charge in [-0.15, -0.1) is 0 Å². The van der Waals surface area contributed by atoms with E-state index in [1.54, 1.807) is 0 Å². The molecule has 0 spiro atoms. The van der Waals surface area contributed by atoms with Crippen molar-refractivity contribution in [2.24, 2.45) is 0 Å². The molecule has 4 nitrogen and oxygen atoms in total. The second-order valence-electron chi connectivity index (χ2n) is 5.32. The SMILES string of the molecule is CNC1CCCN(CC2Cc3ccccc3O2)C1=O. The van der Waals surface area contributed by atoms with Gasteiger partial charge in [0.05, 0.1) is 12.6 Å². The smallest absolute Gasteiger partial charge is 0.239 e. The number of hydrogen-bond donors (Lipinski definition) is 1.